The van der Waals surface area contributed by atoms with Crippen LogP contribution in [0.5, 0.6) is 11.5 Å². The maximum Gasteiger partial charge on any atom is 0.309 e. The number of hydrogen-bond acceptors (Lipinski definition) is 3. The van der Waals surface area contributed by atoms with Gasteiger partial charge in [0.25, 0.3) is 0 Å². The van der Waals surface area contributed by atoms with Crippen molar-refractivity contribution in [3.8, 4) is 11.5 Å². The van der Waals surface area contributed by atoms with E-state index in [1.54, 1.807) is 14.2 Å². The Balaban J connectivity index is 2.26. The summed E-state index contributed by atoms with van der Waals surface area (Å²) < 4.78 is 10.5. The average molecular weight is 278 g/mol. The Hall–Kier alpha value is -1.71. The molecule has 1 N–H and O–H groups in total. The summed E-state index contributed by atoms with van der Waals surface area (Å²) in [6, 6.07) is 5.64. The lowest BCUT2D eigenvalue weighted by Gasteiger charge is -2.24. The molecule has 0 heterocycles. The Kier molecular flexibility index (Phi) is 4.21. The average Bonchev–Trinajstić information content (AvgIpc) is 2.81. The molecule has 2 rings (SSSR count). The molecule has 0 amide bonds. The highest BCUT2D eigenvalue weighted by molar-refractivity contribution is 5.75. The summed E-state index contributed by atoms with van der Waals surface area (Å²) in [4.78, 5) is 11.7. The minimum Gasteiger partial charge on any atom is -0.493 e. The molecular formula is C16H22O4. The Morgan fingerprint density at radius 2 is 2.05 bits per heavy atom. The van der Waals surface area contributed by atoms with Gasteiger partial charge in [-0.15, -0.1) is 0 Å². The number of carboxylic acids is 1. The normalized spacial score (nSPS) is 25.4. The molecule has 4 heteroatoms. The summed E-state index contributed by atoms with van der Waals surface area (Å²) in [7, 11) is 3.18. The quantitative estimate of drug-likeness (QED) is 0.899. The summed E-state index contributed by atoms with van der Waals surface area (Å²) in [6.07, 6.45) is 3.03. The number of methoxy groups -OCH3 is 2. The van der Waals surface area contributed by atoms with E-state index in [9.17, 15) is 9.90 Å². The Labute approximate surface area is 119 Å². The molecule has 1 fully saturated rings. The van der Waals surface area contributed by atoms with E-state index in [1.807, 2.05) is 18.2 Å². The molecule has 0 aliphatic heterocycles. The van der Waals surface area contributed by atoms with E-state index in [0.717, 1.165) is 24.8 Å². The van der Waals surface area contributed by atoms with Crippen LogP contribution in [-0.4, -0.2) is 25.3 Å². The Bertz CT molecular complexity index is 497. The number of benzene rings is 1. The van der Waals surface area contributed by atoms with Crippen molar-refractivity contribution in [1.82, 2.24) is 0 Å². The van der Waals surface area contributed by atoms with Gasteiger partial charge < -0.3 is 14.6 Å². The van der Waals surface area contributed by atoms with E-state index in [2.05, 4.69) is 6.92 Å². The standard InChI is InChI=1S/C16H22O4/c1-11-6-7-16(9-11,15(17)18)10-12-4-5-13(19-2)14(8-12)20-3/h4-5,8,11H,6-7,9-10H2,1-3H3,(H,17,18). The lowest BCUT2D eigenvalue weighted by atomic mass is 9.79. The van der Waals surface area contributed by atoms with Crippen LogP contribution >= 0.6 is 0 Å². The minimum absolute atomic E-state index is 0.478. The van der Waals surface area contributed by atoms with Gasteiger partial charge in [-0.3, -0.25) is 4.79 Å². The van der Waals surface area contributed by atoms with Crippen molar-refractivity contribution >= 4 is 5.97 Å². The molecule has 0 spiro atoms. The topological polar surface area (TPSA) is 55.8 Å². The van der Waals surface area contributed by atoms with Gasteiger partial charge in [0.2, 0.25) is 0 Å². The largest absolute Gasteiger partial charge is 0.493 e. The van der Waals surface area contributed by atoms with Crippen molar-refractivity contribution in [2.24, 2.45) is 11.3 Å². The molecule has 0 bridgehead atoms. The third-order valence-corrected chi connectivity index (χ3v) is 4.30. The van der Waals surface area contributed by atoms with Crippen molar-refractivity contribution in [3.63, 3.8) is 0 Å². The number of aliphatic carboxylic acids is 1. The van der Waals surface area contributed by atoms with Crippen molar-refractivity contribution in [1.29, 1.82) is 0 Å². The van der Waals surface area contributed by atoms with Crippen LogP contribution in [0, 0.1) is 11.3 Å². The van der Waals surface area contributed by atoms with Crippen LogP contribution in [0.4, 0.5) is 0 Å². The predicted molar refractivity (Wildman–Crippen MR) is 76.3 cm³/mol. The van der Waals surface area contributed by atoms with E-state index in [0.29, 0.717) is 23.8 Å². The van der Waals surface area contributed by atoms with Gasteiger partial charge in [-0.2, -0.15) is 0 Å². The first-order valence-corrected chi connectivity index (χ1v) is 6.95. The van der Waals surface area contributed by atoms with Crippen LogP contribution < -0.4 is 9.47 Å². The Morgan fingerprint density at radius 3 is 2.55 bits per heavy atom. The molecule has 0 radical (unpaired) electrons. The fourth-order valence-electron chi connectivity index (χ4n) is 3.21. The first-order chi connectivity index (χ1) is 9.50. The molecule has 2 atom stereocenters. The highest BCUT2D eigenvalue weighted by Crippen LogP contribution is 2.45. The van der Waals surface area contributed by atoms with Crippen LogP contribution in [0.15, 0.2) is 18.2 Å². The van der Waals surface area contributed by atoms with E-state index < -0.39 is 11.4 Å². The lowest BCUT2D eigenvalue weighted by Crippen LogP contribution is -2.30. The number of carbonyl (C=O) groups is 1. The molecule has 1 aromatic carbocycles. The zero-order valence-electron chi connectivity index (χ0n) is 12.3. The molecule has 0 aromatic heterocycles. The van der Waals surface area contributed by atoms with Crippen molar-refractivity contribution < 1.29 is 19.4 Å². The van der Waals surface area contributed by atoms with Gasteiger partial charge in [0, 0.05) is 0 Å². The molecule has 2 unspecified atom stereocenters. The molecule has 20 heavy (non-hydrogen) atoms. The summed E-state index contributed by atoms with van der Waals surface area (Å²) >= 11 is 0. The van der Waals surface area contributed by atoms with Gasteiger partial charge >= 0.3 is 5.97 Å². The second-order valence-corrected chi connectivity index (χ2v) is 5.80. The molecular weight excluding hydrogens is 256 g/mol. The van der Waals surface area contributed by atoms with E-state index in [-0.39, 0.29) is 0 Å². The van der Waals surface area contributed by atoms with Crippen molar-refractivity contribution in [2.45, 2.75) is 32.6 Å². The zero-order valence-corrected chi connectivity index (χ0v) is 12.3. The highest BCUT2D eigenvalue weighted by atomic mass is 16.5. The molecule has 0 saturated heterocycles. The minimum atomic E-state index is -0.684. The second-order valence-electron chi connectivity index (χ2n) is 5.80. The highest BCUT2D eigenvalue weighted by Gasteiger charge is 2.44. The molecule has 1 aromatic rings. The molecule has 1 aliphatic rings. The van der Waals surface area contributed by atoms with E-state index >= 15 is 0 Å². The van der Waals surface area contributed by atoms with Crippen LogP contribution in [0.3, 0.4) is 0 Å². The molecule has 1 aliphatic carbocycles. The first kappa shape index (κ1) is 14.7. The van der Waals surface area contributed by atoms with Crippen LogP contribution in [0.2, 0.25) is 0 Å². The SMILES string of the molecule is COc1ccc(CC2(C(=O)O)CCC(C)C2)cc1OC. The van der Waals surface area contributed by atoms with Gasteiger partial charge in [0.15, 0.2) is 11.5 Å². The van der Waals surface area contributed by atoms with Crippen LogP contribution in [0.1, 0.15) is 31.7 Å². The number of hydrogen-bond donors (Lipinski definition) is 1. The monoisotopic (exact) mass is 278 g/mol. The summed E-state index contributed by atoms with van der Waals surface area (Å²) in [5.74, 6) is 1.11. The van der Waals surface area contributed by atoms with Gasteiger partial charge in [0.05, 0.1) is 19.6 Å². The number of rotatable bonds is 5. The Morgan fingerprint density at radius 1 is 1.35 bits per heavy atom. The second kappa shape index (κ2) is 5.73. The van der Waals surface area contributed by atoms with Gasteiger partial charge in [-0.1, -0.05) is 13.0 Å². The summed E-state index contributed by atoms with van der Waals surface area (Å²) in [6.45, 7) is 2.12. The summed E-state index contributed by atoms with van der Waals surface area (Å²) in [5.41, 5.74) is 0.359. The fraction of sp³-hybridized carbons (Fsp3) is 0.562. The maximum atomic E-state index is 11.7. The zero-order chi connectivity index (χ0) is 14.8. The first-order valence-electron chi connectivity index (χ1n) is 6.95. The van der Waals surface area contributed by atoms with E-state index in [1.165, 1.54) is 0 Å². The fourth-order valence-corrected chi connectivity index (χ4v) is 3.21. The maximum absolute atomic E-state index is 11.7. The van der Waals surface area contributed by atoms with Gasteiger partial charge in [0.1, 0.15) is 0 Å². The predicted octanol–water partition coefficient (Wildman–Crippen LogP) is 3.14. The lowest BCUT2D eigenvalue weighted by molar-refractivity contribution is -0.148. The smallest absolute Gasteiger partial charge is 0.309 e. The van der Waals surface area contributed by atoms with Gasteiger partial charge in [-0.05, 0) is 49.3 Å². The molecule has 110 valence electrons. The third kappa shape index (κ3) is 2.74. The summed E-state index contributed by atoms with van der Waals surface area (Å²) in [5, 5.41) is 9.61. The van der Waals surface area contributed by atoms with Gasteiger partial charge in [-0.25, -0.2) is 0 Å². The van der Waals surface area contributed by atoms with E-state index in [4.69, 9.17) is 9.47 Å². The third-order valence-electron chi connectivity index (χ3n) is 4.30. The van der Waals surface area contributed by atoms with Crippen LogP contribution in [0.25, 0.3) is 0 Å². The van der Waals surface area contributed by atoms with Crippen molar-refractivity contribution in [2.75, 3.05) is 14.2 Å². The molecule has 1 saturated carbocycles. The van der Waals surface area contributed by atoms with Crippen LogP contribution in [-0.2, 0) is 11.2 Å². The number of ether oxygens (including phenoxy) is 2. The molecule has 4 nitrogen and oxygen atoms in total. The van der Waals surface area contributed by atoms with Crippen molar-refractivity contribution in [3.05, 3.63) is 23.8 Å². The number of carboxylic acid groups (broad SMARTS) is 1.